The number of likely N-dealkylation sites (tertiary alicyclic amines) is 1. The van der Waals surface area contributed by atoms with Gasteiger partial charge in [-0.15, -0.1) is 0 Å². The van der Waals surface area contributed by atoms with E-state index in [2.05, 4.69) is 60.5 Å². The largest absolute Gasteiger partial charge is 0.383 e. The van der Waals surface area contributed by atoms with Crippen LogP contribution >= 0.6 is 0 Å². The normalized spacial score (nSPS) is 13.9. The molecule has 1 aliphatic heterocycles. The number of aromatic amines is 1. The van der Waals surface area contributed by atoms with Crippen LogP contribution in [-0.2, 0) is 6.54 Å². The van der Waals surface area contributed by atoms with Crippen molar-refractivity contribution < 1.29 is 0 Å². The van der Waals surface area contributed by atoms with E-state index in [4.69, 9.17) is 21.0 Å². The van der Waals surface area contributed by atoms with Gasteiger partial charge >= 0.3 is 0 Å². The van der Waals surface area contributed by atoms with Crippen LogP contribution < -0.4 is 16.6 Å². The van der Waals surface area contributed by atoms with E-state index in [0.717, 1.165) is 43.7 Å². The molecule has 4 N–H and O–H groups in total. The summed E-state index contributed by atoms with van der Waals surface area (Å²) in [7, 11) is 0. The number of nitrogens with zero attached hydrogens (tertiary/aromatic N) is 8. The lowest BCUT2D eigenvalue weighted by Crippen LogP contribution is -2.38. The molecule has 45 heavy (non-hydrogen) atoms. The number of nitrogens with two attached hydrogens (primary N) is 1. The van der Waals surface area contributed by atoms with E-state index in [9.17, 15) is 4.79 Å². The average Bonchev–Trinajstić information content (AvgIpc) is 3.45. The Morgan fingerprint density at radius 2 is 1.84 bits per heavy atom. The molecule has 1 aromatic carbocycles. The summed E-state index contributed by atoms with van der Waals surface area (Å²) in [5, 5.41) is 12.5. The number of hydrogen-bond acceptors (Lipinski definition) is 10. The Morgan fingerprint density at radius 3 is 2.60 bits per heavy atom. The summed E-state index contributed by atoms with van der Waals surface area (Å²) in [5.41, 5.74) is 12.2. The van der Waals surface area contributed by atoms with E-state index in [-0.39, 0.29) is 5.56 Å². The number of aromatic nitrogens is 7. The first-order valence-electron chi connectivity index (χ1n) is 14.6. The van der Waals surface area contributed by atoms with Crippen LogP contribution in [0.1, 0.15) is 24.1 Å². The summed E-state index contributed by atoms with van der Waals surface area (Å²) in [6.45, 7) is 2.73. The molecule has 0 saturated carbocycles. The maximum Gasteiger partial charge on any atom is 0.247 e. The predicted molar refractivity (Wildman–Crippen MR) is 171 cm³/mol. The van der Waals surface area contributed by atoms with Gasteiger partial charge in [0.25, 0.3) is 0 Å². The smallest absolute Gasteiger partial charge is 0.247 e. The van der Waals surface area contributed by atoms with E-state index in [0.29, 0.717) is 51.6 Å². The van der Waals surface area contributed by atoms with Crippen molar-refractivity contribution in [2.75, 3.05) is 24.1 Å². The molecule has 12 heteroatoms. The van der Waals surface area contributed by atoms with Gasteiger partial charge in [-0.1, -0.05) is 12.1 Å². The fraction of sp³-hybridized carbons (Fsp3) is 0.182. The number of nitriles is 1. The first-order valence-corrected chi connectivity index (χ1v) is 14.6. The molecule has 0 spiro atoms. The zero-order valence-electron chi connectivity index (χ0n) is 24.3. The number of nitrogens with one attached hydrogen (secondary N) is 2. The molecule has 12 nitrogen and oxygen atoms in total. The standard InChI is InChI=1S/C33H29N11O/c34-17-24-16-29(39-20-38-24)40-23-11-14-43(15-12-23)19-21-3-6-25(7-4-21)44-32(26-2-1-13-36-31(26)35)42-28-9-8-27(41-33(28)44)22-5-10-30(45)37-18-22/h1-10,13,16,18,20,23H,11-12,14-15,19H2,(H2,35,36)(H,37,45)(H,38,39,40). The summed E-state index contributed by atoms with van der Waals surface area (Å²) in [5.74, 6) is 1.72. The second-order valence-corrected chi connectivity index (χ2v) is 10.9. The van der Waals surface area contributed by atoms with Crippen molar-refractivity contribution in [3.05, 3.63) is 107 Å². The number of piperidine rings is 1. The number of benzene rings is 1. The maximum absolute atomic E-state index is 11.6. The van der Waals surface area contributed by atoms with Crippen LogP contribution in [-0.4, -0.2) is 58.5 Å². The van der Waals surface area contributed by atoms with Crippen LogP contribution in [0.5, 0.6) is 0 Å². The third-order valence-corrected chi connectivity index (χ3v) is 7.99. The number of anilines is 2. The Labute approximate surface area is 258 Å². The van der Waals surface area contributed by atoms with Gasteiger partial charge < -0.3 is 16.0 Å². The van der Waals surface area contributed by atoms with Gasteiger partial charge in [-0.25, -0.2) is 24.9 Å². The Balaban J connectivity index is 1.13. The van der Waals surface area contributed by atoms with Gasteiger partial charge in [0.05, 0.1) is 11.3 Å². The molecule has 6 heterocycles. The number of H-pyrrole nitrogens is 1. The molecule has 5 aromatic heterocycles. The number of hydrogen-bond donors (Lipinski definition) is 3. The lowest BCUT2D eigenvalue weighted by Gasteiger charge is -2.32. The molecule has 6 aromatic rings. The Morgan fingerprint density at radius 1 is 1.00 bits per heavy atom. The zero-order chi connectivity index (χ0) is 30.8. The van der Waals surface area contributed by atoms with Crippen molar-refractivity contribution in [1.29, 1.82) is 5.26 Å². The highest BCUT2D eigenvalue weighted by atomic mass is 16.1. The molecule has 0 unspecified atom stereocenters. The fourth-order valence-corrected chi connectivity index (χ4v) is 5.67. The molecule has 0 aliphatic carbocycles. The van der Waals surface area contributed by atoms with Crippen LogP contribution in [0, 0.1) is 11.3 Å². The summed E-state index contributed by atoms with van der Waals surface area (Å²) >= 11 is 0. The number of fused-ring (bicyclic) bond motifs is 1. The van der Waals surface area contributed by atoms with E-state index < -0.39 is 0 Å². The molecule has 1 saturated heterocycles. The lowest BCUT2D eigenvalue weighted by atomic mass is 10.0. The molecule has 0 amide bonds. The maximum atomic E-state index is 11.6. The second kappa shape index (κ2) is 12.0. The lowest BCUT2D eigenvalue weighted by molar-refractivity contribution is 0.211. The highest BCUT2D eigenvalue weighted by molar-refractivity contribution is 5.84. The van der Waals surface area contributed by atoms with E-state index in [1.807, 2.05) is 28.8 Å². The summed E-state index contributed by atoms with van der Waals surface area (Å²) < 4.78 is 2.00. The Hall–Kier alpha value is -5.93. The zero-order valence-corrected chi connectivity index (χ0v) is 24.3. The minimum Gasteiger partial charge on any atom is -0.383 e. The van der Waals surface area contributed by atoms with Gasteiger partial charge in [-0.2, -0.15) is 5.26 Å². The van der Waals surface area contributed by atoms with E-state index in [1.54, 1.807) is 24.5 Å². The molecule has 1 aliphatic rings. The minimum atomic E-state index is -0.169. The fourth-order valence-electron chi connectivity index (χ4n) is 5.67. The Bertz CT molecular complexity index is 2070. The highest BCUT2D eigenvalue weighted by Crippen LogP contribution is 2.32. The predicted octanol–water partition coefficient (Wildman–Crippen LogP) is 4.16. The van der Waals surface area contributed by atoms with Crippen molar-refractivity contribution in [3.8, 4) is 34.4 Å². The molecule has 7 rings (SSSR count). The van der Waals surface area contributed by atoms with Gasteiger partial charge in [0.15, 0.2) is 11.5 Å². The number of imidazole rings is 1. The van der Waals surface area contributed by atoms with Gasteiger partial charge in [0.2, 0.25) is 5.56 Å². The van der Waals surface area contributed by atoms with Crippen LogP contribution in [0.25, 0.3) is 39.5 Å². The van der Waals surface area contributed by atoms with Crippen molar-refractivity contribution >= 4 is 22.8 Å². The van der Waals surface area contributed by atoms with E-state index >= 15 is 0 Å². The topological polar surface area (TPSA) is 167 Å². The van der Waals surface area contributed by atoms with Crippen molar-refractivity contribution in [2.24, 2.45) is 0 Å². The minimum absolute atomic E-state index is 0.169. The highest BCUT2D eigenvalue weighted by Gasteiger charge is 2.21. The van der Waals surface area contributed by atoms with Crippen LogP contribution in [0.15, 0.2) is 90.2 Å². The molecule has 0 atom stereocenters. The summed E-state index contributed by atoms with van der Waals surface area (Å²) in [4.78, 5) is 39.2. The van der Waals surface area contributed by atoms with Crippen LogP contribution in [0.4, 0.5) is 11.6 Å². The third kappa shape index (κ3) is 5.84. The monoisotopic (exact) mass is 595 g/mol. The molecule has 0 bridgehead atoms. The van der Waals surface area contributed by atoms with Gasteiger partial charge in [0, 0.05) is 61.5 Å². The number of rotatable bonds is 7. The first-order chi connectivity index (χ1) is 22.0. The molecular weight excluding hydrogens is 566 g/mol. The Kier molecular flexibility index (Phi) is 7.42. The van der Waals surface area contributed by atoms with Crippen molar-refractivity contribution in [2.45, 2.75) is 25.4 Å². The summed E-state index contributed by atoms with van der Waals surface area (Å²) in [6.07, 6.45) is 6.69. The molecule has 1 fully saturated rings. The summed E-state index contributed by atoms with van der Waals surface area (Å²) in [6, 6.07) is 23.3. The number of pyridine rings is 3. The quantitative estimate of drug-likeness (QED) is 0.244. The van der Waals surface area contributed by atoms with Gasteiger partial charge in [-0.05, 0) is 60.9 Å². The van der Waals surface area contributed by atoms with E-state index in [1.165, 1.54) is 18.0 Å². The third-order valence-electron chi connectivity index (χ3n) is 7.99. The molecule has 0 radical (unpaired) electrons. The molecule has 222 valence electrons. The van der Waals surface area contributed by atoms with Gasteiger partial charge in [-0.3, -0.25) is 14.3 Å². The average molecular weight is 596 g/mol. The SMILES string of the molecule is N#Cc1cc(NC2CCN(Cc3ccc(-n4c(-c5cccnc5N)nc5ccc(-c6ccc(=O)[nH]c6)nc54)cc3)CC2)ncn1. The van der Waals surface area contributed by atoms with Gasteiger partial charge in [0.1, 0.15) is 35.2 Å². The van der Waals surface area contributed by atoms with Crippen LogP contribution in [0.3, 0.4) is 0 Å². The second-order valence-electron chi connectivity index (χ2n) is 10.9. The molecular formula is C33H29N11O. The van der Waals surface area contributed by atoms with Crippen molar-refractivity contribution in [3.63, 3.8) is 0 Å². The van der Waals surface area contributed by atoms with Crippen molar-refractivity contribution in [1.82, 2.24) is 39.4 Å². The number of nitrogen functional groups attached to an aromatic ring is 1. The van der Waals surface area contributed by atoms with Crippen LogP contribution in [0.2, 0.25) is 0 Å². The first kappa shape index (κ1) is 27.9.